The molecular formula is C11H11NO3. The molecule has 1 aromatic rings. The second-order valence-electron chi connectivity index (χ2n) is 3.49. The molecule has 0 saturated carbocycles. The summed E-state index contributed by atoms with van der Waals surface area (Å²) in [6, 6.07) is 7.21. The molecule has 2 amide bonds. The standard InChI is InChI=1S/C11H11NO3/c1-7-5-3-4-6-9(7)12-10(13)8(2)15-11(12)14/h3-6,8H,1-2H3. The molecule has 78 valence electrons. The van der Waals surface area contributed by atoms with Crippen LogP contribution in [0.4, 0.5) is 10.5 Å². The Kier molecular flexibility index (Phi) is 2.19. The van der Waals surface area contributed by atoms with Gasteiger partial charge in [-0.25, -0.2) is 9.69 Å². The van der Waals surface area contributed by atoms with Crippen molar-refractivity contribution in [3.8, 4) is 0 Å². The third-order valence-electron chi connectivity index (χ3n) is 2.38. The van der Waals surface area contributed by atoms with E-state index in [0.29, 0.717) is 5.69 Å². The number of benzene rings is 1. The summed E-state index contributed by atoms with van der Waals surface area (Å²) in [6.07, 6.45) is -1.28. The van der Waals surface area contributed by atoms with E-state index in [1.165, 1.54) is 0 Å². The van der Waals surface area contributed by atoms with Gasteiger partial charge in [-0.05, 0) is 25.5 Å². The van der Waals surface area contributed by atoms with Crippen LogP contribution in [-0.2, 0) is 9.53 Å². The zero-order chi connectivity index (χ0) is 11.0. The highest BCUT2D eigenvalue weighted by atomic mass is 16.6. The predicted molar refractivity (Wildman–Crippen MR) is 54.6 cm³/mol. The quantitative estimate of drug-likeness (QED) is 0.703. The van der Waals surface area contributed by atoms with Crippen LogP contribution >= 0.6 is 0 Å². The summed E-state index contributed by atoms with van der Waals surface area (Å²) in [6.45, 7) is 3.41. The van der Waals surface area contributed by atoms with Gasteiger partial charge >= 0.3 is 6.09 Å². The molecule has 0 bridgehead atoms. The predicted octanol–water partition coefficient (Wildman–Crippen LogP) is 1.87. The van der Waals surface area contributed by atoms with Gasteiger partial charge in [0.05, 0.1) is 5.69 Å². The van der Waals surface area contributed by atoms with Crippen LogP contribution in [0.1, 0.15) is 12.5 Å². The monoisotopic (exact) mass is 205 g/mol. The number of rotatable bonds is 1. The molecule has 1 unspecified atom stereocenters. The number of cyclic esters (lactones) is 1. The molecule has 0 spiro atoms. The molecule has 1 aliphatic rings. The Bertz CT molecular complexity index is 428. The minimum atomic E-state index is -0.683. The summed E-state index contributed by atoms with van der Waals surface area (Å²) in [5.74, 6) is -0.311. The number of hydrogen-bond donors (Lipinski definition) is 0. The molecule has 0 aliphatic carbocycles. The summed E-state index contributed by atoms with van der Waals surface area (Å²) in [4.78, 5) is 24.2. The smallest absolute Gasteiger partial charge is 0.422 e. The first-order chi connectivity index (χ1) is 7.11. The van der Waals surface area contributed by atoms with Gasteiger partial charge in [0.1, 0.15) is 0 Å². The van der Waals surface area contributed by atoms with E-state index in [4.69, 9.17) is 4.74 Å². The fraction of sp³-hybridized carbons (Fsp3) is 0.273. The van der Waals surface area contributed by atoms with Crippen LogP contribution in [0.2, 0.25) is 0 Å². The Morgan fingerprint density at radius 3 is 2.47 bits per heavy atom. The Hall–Kier alpha value is -1.84. The molecule has 1 atom stereocenters. The van der Waals surface area contributed by atoms with E-state index < -0.39 is 12.2 Å². The molecule has 4 nitrogen and oxygen atoms in total. The number of imide groups is 1. The lowest BCUT2D eigenvalue weighted by Crippen LogP contribution is -2.30. The van der Waals surface area contributed by atoms with E-state index in [1.54, 1.807) is 19.1 Å². The first-order valence-electron chi connectivity index (χ1n) is 4.71. The van der Waals surface area contributed by atoms with Crippen LogP contribution in [0.3, 0.4) is 0 Å². The number of nitrogens with zero attached hydrogens (tertiary/aromatic N) is 1. The summed E-state index contributed by atoms with van der Waals surface area (Å²) >= 11 is 0. The van der Waals surface area contributed by atoms with Crippen LogP contribution in [0.15, 0.2) is 24.3 Å². The third-order valence-corrected chi connectivity index (χ3v) is 2.38. The normalized spacial score (nSPS) is 20.7. The highest BCUT2D eigenvalue weighted by molar-refractivity contribution is 6.18. The van der Waals surface area contributed by atoms with Gasteiger partial charge in [0.25, 0.3) is 5.91 Å². The van der Waals surface area contributed by atoms with Crippen molar-refractivity contribution in [3.05, 3.63) is 29.8 Å². The number of amides is 2. The highest BCUT2D eigenvalue weighted by Crippen LogP contribution is 2.25. The van der Waals surface area contributed by atoms with Crippen molar-refractivity contribution in [2.75, 3.05) is 4.90 Å². The second-order valence-corrected chi connectivity index (χ2v) is 3.49. The molecule has 1 aliphatic heterocycles. The second kappa shape index (κ2) is 3.38. The Morgan fingerprint density at radius 1 is 1.27 bits per heavy atom. The van der Waals surface area contributed by atoms with E-state index in [1.807, 2.05) is 19.1 Å². The maximum atomic E-state index is 11.6. The zero-order valence-corrected chi connectivity index (χ0v) is 8.56. The fourth-order valence-corrected chi connectivity index (χ4v) is 1.56. The lowest BCUT2D eigenvalue weighted by molar-refractivity contribution is -0.121. The van der Waals surface area contributed by atoms with E-state index >= 15 is 0 Å². The lowest BCUT2D eigenvalue weighted by atomic mass is 10.2. The largest absolute Gasteiger partial charge is 0.436 e. The first-order valence-corrected chi connectivity index (χ1v) is 4.71. The number of carbonyl (C=O) groups excluding carboxylic acids is 2. The van der Waals surface area contributed by atoms with Crippen LogP contribution in [0.25, 0.3) is 0 Å². The minimum absolute atomic E-state index is 0.311. The molecule has 4 heteroatoms. The number of anilines is 1. The zero-order valence-electron chi connectivity index (χ0n) is 8.56. The summed E-state index contributed by atoms with van der Waals surface area (Å²) < 4.78 is 4.83. The van der Waals surface area contributed by atoms with Crippen molar-refractivity contribution in [1.29, 1.82) is 0 Å². The molecule has 15 heavy (non-hydrogen) atoms. The summed E-state index contributed by atoms with van der Waals surface area (Å²) in [5, 5.41) is 0. The van der Waals surface area contributed by atoms with Gasteiger partial charge in [0, 0.05) is 0 Å². The topological polar surface area (TPSA) is 46.6 Å². The molecule has 2 rings (SSSR count). The summed E-state index contributed by atoms with van der Waals surface area (Å²) in [7, 11) is 0. The molecule has 1 fully saturated rings. The molecule has 0 aromatic heterocycles. The average Bonchev–Trinajstić information content (AvgIpc) is 2.43. The van der Waals surface area contributed by atoms with Crippen molar-refractivity contribution in [2.24, 2.45) is 0 Å². The number of hydrogen-bond acceptors (Lipinski definition) is 3. The third kappa shape index (κ3) is 1.48. The first kappa shape index (κ1) is 9.71. The highest BCUT2D eigenvalue weighted by Gasteiger charge is 2.39. The van der Waals surface area contributed by atoms with Crippen LogP contribution in [0.5, 0.6) is 0 Å². The molecule has 0 N–H and O–H groups in total. The van der Waals surface area contributed by atoms with Gasteiger partial charge in [-0.2, -0.15) is 0 Å². The van der Waals surface area contributed by atoms with E-state index in [0.717, 1.165) is 10.5 Å². The van der Waals surface area contributed by atoms with Crippen molar-refractivity contribution in [2.45, 2.75) is 20.0 Å². The van der Waals surface area contributed by atoms with E-state index in [2.05, 4.69) is 0 Å². The Balaban J connectivity index is 2.44. The molecular weight excluding hydrogens is 194 g/mol. The molecule has 0 radical (unpaired) electrons. The number of aryl methyl sites for hydroxylation is 1. The molecule has 1 heterocycles. The number of ether oxygens (including phenoxy) is 1. The van der Waals surface area contributed by atoms with Gasteiger partial charge in [-0.15, -0.1) is 0 Å². The Morgan fingerprint density at radius 2 is 1.93 bits per heavy atom. The van der Waals surface area contributed by atoms with Gasteiger partial charge in [-0.3, -0.25) is 4.79 Å². The maximum absolute atomic E-state index is 11.6. The molecule has 1 saturated heterocycles. The SMILES string of the molecule is Cc1ccccc1N1C(=O)OC(C)C1=O. The van der Waals surface area contributed by atoms with Gasteiger partial charge in [0.2, 0.25) is 0 Å². The number of para-hydroxylation sites is 1. The molecule has 1 aromatic carbocycles. The van der Waals surface area contributed by atoms with Crippen LogP contribution < -0.4 is 4.90 Å². The van der Waals surface area contributed by atoms with Crippen molar-refractivity contribution < 1.29 is 14.3 Å². The van der Waals surface area contributed by atoms with Crippen molar-refractivity contribution in [3.63, 3.8) is 0 Å². The van der Waals surface area contributed by atoms with Gasteiger partial charge < -0.3 is 4.74 Å². The number of carbonyl (C=O) groups is 2. The lowest BCUT2D eigenvalue weighted by Gasteiger charge is -2.13. The summed E-state index contributed by atoms with van der Waals surface area (Å²) in [5.41, 5.74) is 1.47. The van der Waals surface area contributed by atoms with Crippen molar-refractivity contribution in [1.82, 2.24) is 0 Å². The Labute approximate surface area is 87.4 Å². The van der Waals surface area contributed by atoms with E-state index in [9.17, 15) is 9.59 Å². The van der Waals surface area contributed by atoms with Gasteiger partial charge in [-0.1, -0.05) is 18.2 Å². The van der Waals surface area contributed by atoms with Crippen LogP contribution in [0, 0.1) is 6.92 Å². The fourth-order valence-electron chi connectivity index (χ4n) is 1.56. The van der Waals surface area contributed by atoms with Gasteiger partial charge in [0.15, 0.2) is 6.10 Å². The van der Waals surface area contributed by atoms with Crippen LogP contribution in [-0.4, -0.2) is 18.1 Å². The maximum Gasteiger partial charge on any atom is 0.422 e. The van der Waals surface area contributed by atoms with Crippen molar-refractivity contribution >= 4 is 17.7 Å². The average molecular weight is 205 g/mol. The van der Waals surface area contributed by atoms with E-state index in [-0.39, 0.29) is 5.91 Å². The minimum Gasteiger partial charge on any atom is -0.436 e.